The van der Waals surface area contributed by atoms with E-state index in [4.69, 9.17) is 9.47 Å². The summed E-state index contributed by atoms with van der Waals surface area (Å²) < 4.78 is 10.2. The molecule has 2 atom stereocenters. The minimum absolute atomic E-state index is 0.0776. The van der Waals surface area contributed by atoms with Gasteiger partial charge in [-0.15, -0.1) is 0 Å². The highest BCUT2D eigenvalue weighted by Gasteiger charge is 2.44. The van der Waals surface area contributed by atoms with Crippen molar-refractivity contribution >= 4 is 18.0 Å². The number of rotatable bonds is 7. The average Bonchev–Trinajstić information content (AvgIpc) is 3.44. The van der Waals surface area contributed by atoms with Crippen LogP contribution in [0.25, 0.3) is 0 Å². The number of amides is 2. The summed E-state index contributed by atoms with van der Waals surface area (Å²) in [5.74, 6) is -0.706. The third-order valence-corrected chi connectivity index (χ3v) is 4.43. The standard InChI is InChI=1S/C21H30N2O5/c1-14(22-20(26)28-21(2,3)4)18(24)23(13-15-9-7-6-8-10-15)17(16-11-12-16)19(25)27-5/h6-10,14,16-17H,11-13H2,1-5H3,(H,22,26)/t14-,17+/m1/s1. The second-order valence-corrected chi connectivity index (χ2v) is 8.13. The first-order chi connectivity index (χ1) is 13.1. The fourth-order valence-corrected chi connectivity index (χ4v) is 3.00. The molecule has 1 aromatic rings. The highest BCUT2D eigenvalue weighted by Crippen LogP contribution is 2.37. The molecule has 0 saturated heterocycles. The highest BCUT2D eigenvalue weighted by atomic mass is 16.6. The summed E-state index contributed by atoms with van der Waals surface area (Å²) in [4.78, 5) is 39.2. The molecule has 0 aromatic heterocycles. The number of nitrogens with zero attached hydrogens (tertiary/aromatic N) is 1. The van der Waals surface area contributed by atoms with Crippen molar-refractivity contribution < 1.29 is 23.9 Å². The molecule has 28 heavy (non-hydrogen) atoms. The lowest BCUT2D eigenvalue weighted by molar-refractivity contribution is -0.155. The van der Waals surface area contributed by atoms with E-state index < -0.39 is 29.7 Å². The molecular weight excluding hydrogens is 360 g/mol. The molecular formula is C21H30N2O5. The lowest BCUT2D eigenvalue weighted by atomic mass is 10.1. The number of benzene rings is 1. The van der Waals surface area contributed by atoms with Gasteiger partial charge in [0, 0.05) is 6.54 Å². The molecule has 1 N–H and O–H groups in total. The Morgan fingerprint density at radius 3 is 2.29 bits per heavy atom. The number of carbonyl (C=O) groups excluding carboxylic acids is 3. The number of ether oxygens (including phenoxy) is 2. The van der Waals surface area contributed by atoms with E-state index in [0.29, 0.717) is 0 Å². The number of alkyl carbamates (subject to hydrolysis) is 1. The minimum Gasteiger partial charge on any atom is -0.467 e. The molecule has 1 aromatic carbocycles. The number of methoxy groups -OCH3 is 1. The predicted molar refractivity (Wildman–Crippen MR) is 104 cm³/mol. The monoisotopic (exact) mass is 390 g/mol. The van der Waals surface area contributed by atoms with E-state index in [1.54, 1.807) is 27.7 Å². The van der Waals surface area contributed by atoms with E-state index in [1.807, 2.05) is 30.3 Å². The molecule has 2 rings (SSSR count). The fourth-order valence-electron chi connectivity index (χ4n) is 3.00. The Morgan fingerprint density at radius 2 is 1.79 bits per heavy atom. The SMILES string of the molecule is COC(=O)[C@H](C1CC1)N(Cc1ccccc1)C(=O)[C@@H](C)NC(=O)OC(C)(C)C. The number of esters is 1. The molecule has 1 aliphatic carbocycles. The van der Waals surface area contributed by atoms with E-state index in [9.17, 15) is 14.4 Å². The third-order valence-electron chi connectivity index (χ3n) is 4.43. The first-order valence-electron chi connectivity index (χ1n) is 9.54. The Labute approximate surface area is 166 Å². The van der Waals surface area contributed by atoms with Crippen LogP contribution in [-0.2, 0) is 25.6 Å². The second-order valence-electron chi connectivity index (χ2n) is 8.13. The molecule has 0 aliphatic heterocycles. The zero-order chi connectivity index (χ0) is 20.9. The first-order valence-corrected chi connectivity index (χ1v) is 9.54. The predicted octanol–water partition coefficient (Wildman–Crippen LogP) is 2.88. The zero-order valence-electron chi connectivity index (χ0n) is 17.2. The highest BCUT2D eigenvalue weighted by molar-refractivity contribution is 5.89. The molecule has 1 saturated carbocycles. The average molecular weight is 390 g/mol. The van der Waals surface area contributed by atoms with Gasteiger partial charge in [-0.25, -0.2) is 9.59 Å². The molecule has 154 valence electrons. The van der Waals surface area contributed by atoms with Crippen LogP contribution in [0, 0.1) is 5.92 Å². The lowest BCUT2D eigenvalue weighted by Crippen LogP contribution is -2.54. The van der Waals surface area contributed by atoms with E-state index in [2.05, 4.69) is 5.32 Å². The minimum atomic E-state index is -0.843. The second kappa shape index (κ2) is 9.08. The van der Waals surface area contributed by atoms with Crippen LogP contribution in [0.1, 0.15) is 46.1 Å². The molecule has 0 spiro atoms. The molecule has 0 bridgehead atoms. The smallest absolute Gasteiger partial charge is 0.408 e. The first kappa shape index (κ1) is 21.7. The number of carbonyl (C=O) groups is 3. The maximum atomic E-state index is 13.2. The van der Waals surface area contributed by atoms with E-state index in [-0.39, 0.29) is 18.4 Å². The van der Waals surface area contributed by atoms with Gasteiger partial charge < -0.3 is 19.7 Å². The number of hydrogen-bond donors (Lipinski definition) is 1. The van der Waals surface area contributed by atoms with E-state index in [1.165, 1.54) is 12.0 Å². The molecule has 1 fully saturated rings. The van der Waals surface area contributed by atoms with Gasteiger partial charge in [0.1, 0.15) is 17.7 Å². The molecule has 7 heteroatoms. The van der Waals surface area contributed by atoms with Crippen LogP contribution in [-0.4, -0.2) is 47.7 Å². The lowest BCUT2D eigenvalue weighted by Gasteiger charge is -2.32. The van der Waals surface area contributed by atoms with Crippen molar-refractivity contribution in [3.63, 3.8) is 0 Å². The maximum absolute atomic E-state index is 13.2. The Bertz CT molecular complexity index is 694. The Hall–Kier alpha value is -2.57. The Kier molecular flexibility index (Phi) is 7.05. The summed E-state index contributed by atoms with van der Waals surface area (Å²) >= 11 is 0. The van der Waals surface area contributed by atoms with Crippen LogP contribution in [0.3, 0.4) is 0 Å². The molecule has 1 aliphatic rings. The largest absolute Gasteiger partial charge is 0.467 e. The van der Waals surface area contributed by atoms with Crippen molar-refractivity contribution in [2.45, 2.75) is 64.8 Å². The van der Waals surface area contributed by atoms with Crippen LogP contribution < -0.4 is 5.32 Å². The van der Waals surface area contributed by atoms with Crippen molar-refractivity contribution in [2.24, 2.45) is 5.92 Å². The van der Waals surface area contributed by atoms with Crippen LogP contribution in [0.5, 0.6) is 0 Å². The van der Waals surface area contributed by atoms with Crippen molar-refractivity contribution in [3.8, 4) is 0 Å². The fraction of sp³-hybridized carbons (Fsp3) is 0.571. The van der Waals surface area contributed by atoms with E-state index in [0.717, 1.165) is 18.4 Å². The molecule has 0 heterocycles. The van der Waals surface area contributed by atoms with Crippen molar-refractivity contribution in [2.75, 3.05) is 7.11 Å². The summed E-state index contributed by atoms with van der Waals surface area (Å²) in [7, 11) is 1.32. The molecule has 0 unspecified atom stereocenters. The summed E-state index contributed by atoms with van der Waals surface area (Å²) in [6.07, 6.45) is 1.06. The van der Waals surface area contributed by atoms with Gasteiger partial charge in [0.25, 0.3) is 0 Å². The van der Waals surface area contributed by atoms with Crippen LogP contribution in [0.4, 0.5) is 4.79 Å². The van der Waals surface area contributed by atoms with Gasteiger partial charge in [-0.3, -0.25) is 4.79 Å². The van der Waals surface area contributed by atoms with Gasteiger partial charge in [-0.1, -0.05) is 30.3 Å². The van der Waals surface area contributed by atoms with Crippen molar-refractivity contribution in [3.05, 3.63) is 35.9 Å². The molecule has 0 radical (unpaired) electrons. The topological polar surface area (TPSA) is 84.9 Å². The normalized spacial score (nSPS) is 15.9. The van der Waals surface area contributed by atoms with Crippen molar-refractivity contribution in [1.29, 1.82) is 0 Å². The Balaban J connectivity index is 2.20. The van der Waals surface area contributed by atoms with Crippen molar-refractivity contribution in [1.82, 2.24) is 10.2 Å². The van der Waals surface area contributed by atoms with Crippen LogP contribution in [0.2, 0.25) is 0 Å². The number of nitrogens with one attached hydrogen (secondary N) is 1. The maximum Gasteiger partial charge on any atom is 0.408 e. The summed E-state index contributed by atoms with van der Waals surface area (Å²) in [6.45, 7) is 7.10. The van der Waals surface area contributed by atoms with Gasteiger partial charge in [0.15, 0.2) is 0 Å². The molecule has 2 amide bonds. The van der Waals surface area contributed by atoms with Crippen LogP contribution >= 0.6 is 0 Å². The van der Waals surface area contributed by atoms with Gasteiger partial charge in [0.05, 0.1) is 7.11 Å². The number of hydrogen-bond acceptors (Lipinski definition) is 5. The Morgan fingerprint density at radius 1 is 1.18 bits per heavy atom. The third kappa shape index (κ3) is 6.25. The van der Waals surface area contributed by atoms with Gasteiger partial charge in [-0.05, 0) is 52.0 Å². The quantitative estimate of drug-likeness (QED) is 0.724. The van der Waals surface area contributed by atoms with Gasteiger partial charge >= 0.3 is 12.1 Å². The summed E-state index contributed by atoms with van der Waals surface area (Å²) in [6, 6.07) is 7.93. The van der Waals surface area contributed by atoms with Crippen LogP contribution in [0.15, 0.2) is 30.3 Å². The molecule has 7 nitrogen and oxygen atoms in total. The van der Waals surface area contributed by atoms with E-state index >= 15 is 0 Å². The van der Waals surface area contributed by atoms with Gasteiger partial charge in [-0.2, -0.15) is 0 Å². The summed E-state index contributed by atoms with van der Waals surface area (Å²) in [5.41, 5.74) is 0.231. The zero-order valence-corrected chi connectivity index (χ0v) is 17.2. The van der Waals surface area contributed by atoms with Gasteiger partial charge in [0.2, 0.25) is 5.91 Å². The summed E-state index contributed by atoms with van der Waals surface area (Å²) in [5, 5.41) is 2.57.